The number of aryl methyl sites for hydroxylation is 3. The Hall–Kier alpha value is -2.89. The van der Waals surface area contributed by atoms with Gasteiger partial charge in [-0.3, -0.25) is 9.59 Å². The summed E-state index contributed by atoms with van der Waals surface area (Å²) in [4.78, 5) is 37.0. The first-order valence-electron chi connectivity index (χ1n) is 8.79. The molecule has 6 nitrogen and oxygen atoms in total. The van der Waals surface area contributed by atoms with Gasteiger partial charge in [-0.1, -0.05) is 25.1 Å². The second kappa shape index (κ2) is 7.15. The lowest BCUT2D eigenvalue weighted by atomic mass is 10.1. The summed E-state index contributed by atoms with van der Waals surface area (Å²) in [6.07, 6.45) is 0.706. The van der Waals surface area contributed by atoms with Crippen molar-refractivity contribution in [2.75, 3.05) is 7.05 Å². The maximum Gasteiger partial charge on any atom is 0.254 e. The highest BCUT2D eigenvalue weighted by atomic mass is 16.2. The molecule has 3 aromatic rings. The molecule has 3 rings (SSSR count). The van der Waals surface area contributed by atoms with Gasteiger partial charge in [-0.25, -0.2) is 4.98 Å². The van der Waals surface area contributed by atoms with Gasteiger partial charge >= 0.3 is 0 Å². The van der Waals surface area contributed by atoms with E-state index in [1.165, 1.54) is 0 Å². The van der Waals surface area contributed by atoms with Crippen molar-refractivity contribution in [1.82, 2.24) is 19.9 Å². The Morgan fingerprint density at radius 2 is 1.92 bits per heavy atom. The number of hydrogen-bond acceptors (Lipinski definition) is 3. The quantitative estimate of drug-likeness (QED) is 0.740. The van der Waals surface area contributed by atoms with Gasteiger partial charge in [0.05, 0.1) is 13.0 Å². The van der Waals surface area contributed by atoms with Crippen molar-refractivity contribution in [1.29, 1.82) is 0 Å². The number of aromatic amines is 2. The van der Waals surface area contributed by atoms with E-state index in [-0.39, 0.29) is 17.9 Å². The maximum atomic E-state index is 12.6. The van der Waals surface area contributed by atoms with Crippen LogP contribution < -0.4 is 5.56 Å². The topological polar surface area (TPSA) is 81.8 Å². The summed E-state index contributed by atoms with van der Waals surface area (Å²) in [5, 5.41) is 1.16. The summed E-state index contributed by atoms with van der Waals surface area (Å²) in [5.41, 5.74) is 4.04. The molecule has 0 radical (unpaired) electrons. The Balaban J connectivity index is 1.78. The van der Waals surface area contributed by atoms with E-state index in [1.807, 2.05) is 25.1 Å². The highest BCUT2D eigenvalue weighted by Gasteiger charge is 2.17. The predicted octanol–water partition coefficient (Wildman–Crippen LogP) is 2.63. The molecule has 0 bridgehead atoms. The number of amides is 1. The van der Waals surface area contributed by atoms with Gasteiger partial charge in [0.1, 0.15) is 5.82 Å². The fourth-order valence-electron chi connectivity index (χ4n) is 3.15. The summed E-state index contributed by atoms with van der Waals surface area (Å²) in [6.45, 7) is 6.23. The van der Waals surface area contributed by atoms with Gasteiger partial charge in [-0.2, -0.15) is 0 Å². The molecule has 0 saturated carbocycles. The third kappa shape index (κ3) is 3.40. The second-order valence-corrected chi connectivity index (χ2v) is 6.63. The van der Waals surface area contributed by atoms with Crippen molar-refractivity contribution >= 4 is 16.8 Å². The Labute approximate surface area is 152 Å². The molecule has 0 aliphatic rings. The number of benzene rings is 1. The van der Waals surface area contributed by atoms with E-state index < -0.39 is 0 Å². The van der Waals surface area contributed by atoms with Crippen LogP contribution in [0.25, 0.3) is 10.9 Å². The number of H-pyrrole nitrogens is 2. The van der Waals surface area contributed by atoms with Gasteiger partial charge in [-0.15, -0.1) is 0 Å². The molecular formula is C20H24N4O2. The number of carbonyl (C=O) groups is 1. The molecule has 2 heterocycles. The number of para-hydroxylation sites is 1. The standard InChI is InChI=1S/C20H24N4O2/c1-5-18-21-13(3)15(20(26)23-18)10-19(25)24(4)11-17-12(2)14-8-6-7-9-16(14)22-17/h6-9,22H,5,10-11H2,1-4H3,(H,21,23,26). The monoisotopic (exact) mass is 352 g/mol. The fraction of sp³-hybridized carbons (Fsp3) is 0.350. The molecule has 0 fully saturated rings. The molecule has 26 heavy (non-hydrogen) atoms. The number of nitrogens with zero attached hydrogens (tertiary/aromatic N) is 2. The highest BCUT2D eigenvalue weighted by Crippen LogP contribution is 2.22. The average molecular weight is 352 g/mol. The molecule has 2 N–H and O–H groups in total. The smallest absolute Gasteiger partial charge is 0.254 e. The number of hydrogen-bond donors (Lipinski definition) is 2. The fourth-order valence-corrected chi connectivity index (χ4v) is 3.15. The molecule has 136 valence electrons. The lowest BCUT2D eigenvalue weighted by Gasteiger charge is -2.17. The van der Waals surface area contributed by atoms with Crippen LogP contribution in [0.2, 0.25) is 0 Å². The first kappa shape index (κ1) is 17.9. The van der Waals surface area contributed by atoms with Crippen LogP contribution in [0.15, 0.2) is 29.1 Å². The molecule has 1 aromatic carbocycles. The molecule has 1 amide bonds. The lowest BCUT2D eigenvalue weighted by molar-refractivity contribution is -0.129. The third-order valence-electron chi connectivity index (χ3n) is 4.82. The van der Waals surface area contributed by atoms with E-state index in [0.717, 1.165) is 22.2 Å². The van der Waals surface area contributed by atoms with Crippen molar-refractivity contribution in [2.24, 2.45) is 0 Å². The Kier molecular flexibility index (Phi) is 4.93. The van der Waals surface area contributed by atoms with Crippen LogP contribution in [0, 0.1) is 13.8 Å². The minimum Gasteiger partial charge on any atom is -0.357 e. The second-order valence-electron chi connectivity index (χ2n) is 6.63. The predicted molar refractivity (Wildman–Crippen MR) is 102 cm³/mol. The molecular weight excluding hydrogens is 328 g/mol. The summed E-state index contributed by atoms with van der Waals surface area (Å²) in [5.74, 6) is 0.536. The summed E-state index contributed by atoms with van der Waals surface area (Å²) >= 11 is 0. The van der Waals surface area contributed by atoms with Crippen LogP contribution >= 0.6 is 0 Å². The van der Waals surface area contributed by atoms with Crippen LogP contribution in [-0.4, -0.2) is 32.8 Å². The molecule has 0 aliphatic carbocycles. The van der Waals surface area contributed by atoms with Gasteiger partial charge in [0, 0.05) is 41.3 Å². The molecule has 0 unspecified atom stereocenters. The molecule has 6 heteroatoms. The van der Waals surface area contributed by atoms with E-state index in [0.29, 0.717) is 30.0 Å². The largest absolute Gasteiger partial charge is 0.357 e. The van der Waals surface area contributed by atoms with E-state index in [2.05, 4.69) is 27.9 Å². The Morgan fingerprint density at radius 1 is 1.19 bits per heavy atom. The normalized spacial score (nSPS) is 11.1. The number of aromatic nitrogens is 3. The number of likely N-dealkylation sites (N-methyl/N-ethyl adjacent to an activating group) is 1. The molecule has 0 atom stereocenters. The van der Waals surface area contributed by atoms with E-state index in [1.54, 1.807) is 18.9 Å². The van der Waals surface area contributed by atoms with Crippen molar-refractivity contribution in [2.45, 2.75) is 40.2 Å². The minimum atomic E-state index is -0.224. The van der Waals surface area contributed by atoms with E-state index >= 15 is 0 Å². The Morgan fingerprint density at radius 3 is 2.58 bits per heavy atom. The first-order valence-corrected chi connectivity index (χ1v) is 8.79. The zero-order valence-corrected chi connectivity index (χ0v) is 15.6. The summed E-state index contributed by atoms with van der Waals surface area (Å²) < 4.78 is 0. The van der Waals surface area contributed by atoms with Crippen LogP contribution in [-0.2, 0) is 24.2 Å². The number of fused-ring (bicyclic) bond motifs is 1. The number of rotatable bonds is 5. The molecule has 2 aromatic heterocycles. The maximum absolute atomic E-state index is 12.6. The molecule has 0 spiro atoms. The van der Waals surface area contributed by atoms with Gasteiger partial charge in [-0.05, 0) is 25.5 Å². The highest BCUT2D eigenvalue weighted by molar-refractivity contribution is 5.84. The molecule has 0 aliphatic heterocycles. The third-order valence-corrected chi connectivity index (χ3v) is 4.82. The minimum absolute atomic E-state index is 0.0495. The van der Waals surface area contributed by atoms with Crippen LogP contribution in [0.3, 0.4) is 0 Å². The molecule has 0 saturated heterocycles. The zero-order chi connectivity index (χ0) is 18.8. The van der Waals surface area contributed by atoms with Crippen LogP contribution in [0.5, 0.6) is 0 Å². The number of nitrogens with one attached hydrogen (secondary N) is 2. The van der Waals surface area contributed by atoms with Crippen LogP contribution in [0.4, 0.5) is 0 Å². The van der Waals surface area contributed by atoms with Gasteiger partial charge < -0.3 is 14.9 Å². The van der Waals surface area contributed by atoms with Gasteiger partial charge in [0.2, 0.25) is 5.91 Å². The van der Waals surface area contributed by atoms with Crippen LogP contribution in [0.1, 0.15) is 35.3 Å². The van der Waals surface area contributed by atoms with Gasteiger partial charge in [0.15, 0.2) is 0 Å². The van der Waals surface area contributed by atoms with E-state index in [9.17, 15) is 9.59 Å². The van der Waals surface area contributed by atoms with Crippen molar-refractivity contribution < 1.29 is 4.79 Å². The van der Waals surface area contributed by atoms with Crippen molar-refractivity contribution in [3.8, 4) is 0 Å². The summed E-state index contributed by atoms with van der Waals surface area (Å²) in [6, 6.07) is 8.08. The lowest BCUT2D eigenvalue weighted by Crippen LogP contribution is -2.31. The Bertz CT molecular complexity index is 1020. The zero-order valence-electron chi connectivity index (χ0n) is 15.6. The summed E-state index contributed by atoms with van der Waals surface area (Å²) in [7, 11) is 1.75. The average Bonchev–Trinajstić information content (AvgIpc) is 2.93. The van der Waals surface area contributed by atoms with Crippen molar-refractivity contribution in [3.05, 3.63) is 63.0 Å². The van der Waals surface area contributed by atoms with Gasteiger partial charge in [0.25, 0.3) is 5.56 Å². The van der Waals surface area contributed by atoms with E-state index in [4.69, 9.17) is 0 Å². The SMILES string of the molecule is CCc1nc(C)c(CC(=O)N(C)Cc2[nH]c3ccccc3c2C)c(=O)[nH]1. The first-order chi connectivity index (χ1) is 12.4. The number of carbonyl (C=O) groups excluding carboxylic acids is 1. The van der Waals surface area contributed by atoms with Crippen molar-refractivity contribution in [3.63, 3.8) is 0 Å².